The molecule has 0 atom stereocenters. The summed E-state index contributed by atoms with van der Waals surface area (Å²) in [5.41, 5.74) is 1.25. The molecular formula is C18H20ClFN2OS. The van der Waals surface area contributed by atoms with Crippen molar-refractivity contribution in [2.75, 3.05) is 18.5 Å². The molecule has 0 bridgehead atoms. The SMILES string of the molecule is Cc1ccc(NC(=S)NCCCCOc2ccc(Cl)cc2)cc1F. The molecule has 128 valence electrons. The summed E-state index contributed by atoms with van der Waals surface area (Å²) in [5.74, 6) is 0.563. The Kier molecular flexibility index (Phi) is 7.28. The van der Waals surface area contributed by atoms with Gasteiger partial charge in [0.1, 0.15) is 11.6 Å². The van der Waals surface area contributed by atoms with Gasteiger partial charge in [-0.3, -0.25) is 0 Å². The molecule has 0 saturated heterocycles. The van der Waals surface area contributed by atoms with Gasteiger partial charge >= 0.3 is 0 Å². The van der Waals surface area contributed by atoms with Gasteiger partial charge < -0.3 is 15.4 Å². The van der Waals surface area contributed by atoms with E-state index in [1.54, 1.807) is 31.2 Å². The number of halogens is 2. The standard InChI is InChI=1S/C18H20ClFN2OS/c1-13-4-7-15(12-17(13)20)22-18(24)21-10-2-3-11-23-16-8-5-14(19)6-9-16/h4-9,12H,2-3,10-11H2,1H3,(H2,21,22,24). The fourth-order valence-corrected chi connectivity index (χ4v) is 2.34. The van der Waals surface area contributed by atoms with Crippen molar-refractivity contribution in [1.29, 1.82) is 0 Å². The largest absolute Gasteiger partial charge is 0.494 e. The van der Waals surface area contributed by atoms with Crippen LogP contribution in [0.1, 0.15) is 18.4 Å². The van der Waals surface area contributed by atoms with Crippen LogP contribution in [0.3, 0.4) is 0 Å². The van der Waals surface area contributed by atoms with Crippen LogP contribution < -0.4 is 15.4 Å². The van der Waals surface area contributed by atoms with Gasteiger partial charge in [0.05, 0.1) is 6.61 Å². The van der Waals surface area contributed by atoms with Gasteiger partial charge in [-0.15, -0.1) is 0 Å². The Labute approximate surface area is 152 Å². The van der Waals surface area contributed by atoms with Crippen LogP contribution in [0.5, 0.6) is 5.75 Å². The highest BCUT2D eigenvalue weighted by Crippen LogP contribution is 2.16. The van der Waals surface area contributed by atoms with E-state index in [1.807, 2.05) is 12.1 Å². The second-order valence-corrected chi connectivity index (χ2v) is 6.20. The number of anilines is 1. The van der Waals surface area contributed by atoms with E-state index >= 15 is 0 Å². The van der Waals surface area contributed by atoms with E-state index in [-0.39, 0.29) is 5.82 Å². The van der Waals surface area contributed by atoms with Crippen molar-refractivity contribution in [2.24, 2.45) is 0 Å². The zero-order chi connectivity index (χ0) is 17.4. The second-order valence-electron chi connectivity index (χ2n) is 5.35. The number of nitrogens with one attached hydrogen (secondary N) is 2. The Bertz CT molecular complexity index is 679. The van der Waals surface area contributed by atoms with Crippen LogP contribution in [0.25, 0.3) is 0 Å². The van der Waals surface area contributed by atoms with Gasteiger partial charge in [-0.25, -0.2) is 4.39 Å². The van der Waals surface area contributed by atoms with E-state index in [9.17, 15) is 4.39 Å². The molecule has 2 aromatic rings. The third-order valence-corrected chi connectivity index (χ3v) is 3.87. The lowest BCUT2D eigenvalue weighted by molar-refractivity contribution is 0.307. The lowest BCUT2D eigenvalue weighted by Crippen LogP contribution is -2.29. The molecule has 2 N–H and O–H groups in total. The highest BCUT2D eigenvalue weighted by Gasteiger charge is 2.01. The first-order chi connectivity index (χ1) is 11.5. The highest BCUT2D eigenvalue weighted by atomic mass is 35.5. The lowest BCUT2D eigenvalue weighted by Gasteiger charge is -2.11. The van der Waals surface area contributed by atoms with Gasteiger partial charge in [0.25, 0.3) is 0 Å². The van der Waals surface area contributed by atoms with E-state index < -0.39 is 0 Å². The third kappa shape index (κ3) is 6.34. The molecule has 0 fully saturated rings. The van der Waals surface area contributed by atoms with Crippen LogP contribution in [-0.2, 0) is 0 Å². The number of thiocarbonyl (C=S) groups is 1. The predicted octanol–water partition coefficient (Wildman–Crippen LogP) is 4.93. The van der Waals surface area contributed by atoms with Crippen molar-refractivity contribution in [3.05, 3.63) is 58.9 Å². The van der Waals surface area contributed by atoms with Crippen LogP contribution in [0.15, 0.2) is 42.5 Å². The van der Waals surface area contributed by atoms with Crippen molar-refractivity contribution in [3.63, 3.8) is 0 Å². The molecule has 0 unspecified atom stereocenters. The maximum Gasteiger partial charge on any atom is 0.170 e. The average Bonchev–Trinajstić information content (AvgIpc) is 2.56. The number of benzene rings is 2. The number of hydrogen-bond acceptors (Lipinski definition) is 2. The monoisotopic (exact) mass is 366 g/mol. The summed E-state index contributed by atoms with van der Waals surface area (Å²) < 4.78 is 19.1. The van der Waals surface area contributed by atoms with Crippen molar-refractivity contribution >= 4 is 34.6 Å². The molecule has 0 spiro atoms. The van der Waals surface area contributed by atoms with Gasteiger partial charge in [0.15, 0.2) is 5.11 Å². The molecule has 0 radical (unpaired) electrons. The van der Waals surface area contributed by atoms with E-state index in [0.717, 1.165) is 25.1 Å². The molecule has 0 aromatic heterocycles. The number of unbranched alkanes of at least 4 members (excludes halogenated alkanes) is 1. The minimum Gasteiger partial charge on any atom is -0.494 e. The second kappa shape index (κ2) is 9.45. The maximum atomic E-state index is 13.5. The predicted molar refractivity (Wildman–Crippen MR) is 102 cm³/mol. The van der Waals surface area contributed by atoms with E-state index in [1.165, 1.54) is 6.07 Å². The Balaban J connectivity index is 1.59. The summed E-state index contributed by atoms with van der Waals surface area (Å²) in [6.45, 7) is 3.08. The van der Waals surface area contributed by atoms with Crippen LogP contribution in [0.2, 0.25) is 5.02 Å². The number of rotatable bonds is 7. The van der Waals surface area contributed by atoms with Crippen molar-refractivity contribution < 1.29 is 9.13 Å². The maximum absolute atomic E-state index is 13.5. The fourth-order valence-electron chi connectivity index (χ4n) is 2.00. The Morgan fingerprint density at radius 2 is 1.92 bits per heavy atom. The highest BCUT2D eigenvalue weighted by molar-refractivity contribution is 7.80. The summed E-state index contributed by atoms with van der Waals surface area (Å²) in [7, 11) is 0. The lowest BCUT2D eigenvalue weighted by atomic mass is 10.2. The van der Waals surface area contributed by atoms with Crippen molar-refractivity contribution in [3.8, 4) is 5.75 Å². The Morgan fingerprint density at radius 1 is 1.17 bits per heavy atom. The Hall–Kier alpha value is -1.85. The van der Waals surface area contributed by atoms with E-state index in [0.29, 0.717) is 28.0 Å². The normalized spacial score (nSPS) is 10.3. The molecule has 6 heteroatoms. The first-order valence-corrected chi connectivity index (χ1v) is 8.52. The third-order valence-electron chi connectivity index (χ3n) is 3.37. The smallest absolute Gasteiger partial charge is 0.170 e. The molecule has 3 nitrogen and oxygen atoms in total. The number of aryl methyl sites for hydroxylation is 1. The summed E-state index contributed by atoms with van der Waals surface area (Å²) in [6.07, 6.45) is 1.81. The van der Waals surface area contributed by atoms with E-state index in [2.05, 4.69) is 10.6 Å². The molecule has 24 heavy (non-hydrogen) atoms. The van der Waals surface area contributed by atoms with Crippen LogP contribution in [0.4, 0.5) is 10.1 Å². The molecule has 2 rings (SSSR count). The molecule has 0 aliphatic heterocycles. The van der Waals surface area contributed by atoms with Crippen molar-refractivity contribution in [1.82, 2.24) is 5.32 Å². The zero-order valence-electron chi connectivity index (χ0n) is 13.4. The zero-order valence-corrected chi connectivity index (χ0v) is 15.0. The van der Waals surface area contributed by atoms with Crippen molar-refractivity contribution in [2.45, 2.75) is 19.8 Å². The van der Waals surface area contributed by atoms with Crippen LogP contribution >= 0.6 is 23.8 Å². The summed E-state index contributed by atoms with van der Waals surface area (Å²) in [6, 6.07) is 12.2. The molecule has 0 heterocycles. The van der Waals surface area contributed by atoms with Gasteiger partial charge in [-0.1, -0.05) is 17.7 Å². The van der Waals surface area contributed by atoms with Gasteiger partial charge in [-0.05, 0) is 73.9 Å². The molecule has 0 amide bonds. The van der Waals surface area contributed by atoms with Gasteiger partial charge in [-0.2, -0.15) is 0 Å². The first kappa shape index (κ1) is 18.5. The summed E-state index contributed by atoms with van der Waals surface area (Å²) in [5, 5.41) is 7.24. The van der Waals surface area contributed by atoms with Crippen LogP contribution in [0, 0.1) is 12.7 Å². The fraction of sp³-hybridized carbons (Fsp3) is 0.278. The quantitative estimate of drug-likeness (QED) is 0.537. The first-order valence-electron chi connectivity index (χ1n) is 7.74. The Morgan fingerprint density at radius 3 is 2.62 bits per heavy atom. The topological polar surface area (TPSA) is 33.3 Å². The molecule has 2 aromatic carbocycles. The molecule has 0 aliphatic rings. The number of ether oxygens (including phenoxy) is 1. The molecule has 0 saturated carbocycles. The molecular weight excluding hydrogens is 347 g/mol. The number of hydrogen-bond donors (Lipinski definition) is 2. The minimum absolute atomic E-state index is 0.248. The van der Waals surface area contributed by atoms with Crippen LogP contribution in [-0.4, -0.2) is 18.3 Å². The summed E-state index contributed by atoms with van der Waals surface area (Å²) in [4.78, 5) is 0. The van der Waals surface area contributed by atoms with Gasteiger partial charge in [0.2, 0.25) is 0 Å². The van der Waals surface area contributed by atoms with E-state index in [4.69, 9.17) is 28.6 Å². The minimum atomic E-state index is -0.248. The molecule has 0 aliphatic carbocycles. The average molecular weight is 367 g/mol. The summed E-state index contributed by atoms with van der Waals surface area (Å²) >= 11 is 11.0. The van der Waals surface area contributed by atoms with Gasteiger partial charge in [0, 0.05) is 17.3 Å².